The van der Waals surface area contributed by atoms with Crippen LogP contribution in [0.1, 0.15) is 111 Å². The van der Waals surface area contributed by atoms with Gasteiger partial charge in [0.2, 0.25) is 0 Å². The molecule has 226 valence electrons. The second-order valence-electron chi connectivity index (χ2n) is 15.5. The van der Waals surface area contributed by atoms with Crippen LogP contribution in [0.5, 0.6) is 0 Å². The molecular weight excluding hydrogens is 512 g/mol. The van der Waals surface area contributed by atoms with E-state index >= 15 is 0 Å². The van der Waals surface area contributed by atoms with Crippen LogP contribution in [-0.4, -0.2) is 12.1 Å². The summed E-state index contributed by atoms with van der Waals surface area (Å²) in [4.78, 5) is 12.8. The molecule has 0 aliphatic heterocycles. The third-order valence-electron chi connectivity index (χ3n) is 12.7. The topological polar surface area (TPSA) is 26.3 Å². The highest BCUT2D eigenvalue weighted by Crippen LogP contribution is 2.67. The number of carbonyl (C=O) groups is 1. The molecule has 6 rings (SSSR count). The van der Waals surface area contributed by atoms with Crippen LogP contribution in [0, 0.1) is 46.3 Å². The Morgan fingerprint density at radius 1 is 0.952 bits per heavy atom. The van der Waals surface area contributed by atoms with Crippen LogP contribution in [-0.2, 0) is 9.53 Å². The average Bonchev–Trinajstić information content (AvgIpc) is 3.33. The van der Waals surface area contributed by atoms with E-state index in [1.165, 1.54) is 62.1 Å². The molecule has 0 heterocycles. The SMILES string of the molecule is CC(C)CCCC(C)C1CCC2C3CC=C4CC(OC(=O)/C=C/c5ccc6ccccc6c5)CCC4(C)C3CCC12C. The predicted octanol–water partition coefficient (Wildman–Crippen LogP) is 10.8. The Balaban J connectivity index is 1.08. The maximum absolute atomic E-state index is 12.8. The van der Waals surface area contributed by atoms with Crippen LogP contribution in [0.3, 0.4) is 0 Å². The van der Waals surface area contributed by atoms with Crippen LogP contribution in [0.2, 0.25) is 0 Å². The smallest absolute Gasteiger partial charge is 0.331 e. The van der Waals surface area contributed by atoms with Crippen LogP contribution in [0.4, 0.5) is 0 Å². The summed E-state index contributed by atoms with van der Waals surface area (Å²) in [6, 6.07) is 14.6. The van der Waals surface area contributed by atoms with Crippen molar-refractivity contribution < 1.29 is 9.53 Å². The van der Waals surface area contributed by atoms with Gasteiger partial charge in [0.1, 0.15) is 6.10 Å². The lowest BCUT2D eigenvalue weighted by Crippen LogP contribution is -2.51. The van der Waals surface area contributed by atoms with Crippen molar-refractivity contribution in [2.45, 2.75) is 111 Å². The Hall–Kier alpha value is -2.35. The molecule has 2 heteroatoms. The fourth-order valence-corrected chi connectivity index (χ4v) is 10.4. The van der Waals surface area contributed by atoms with Gasteiger partial charge in [0.15, 0.2) is 0 Å². The highest BCUT2D eigenvalue weighted by molar-refractivity contribution is 5.89. The third-order valence-corrected chi connectivity index (χ3v) is 12.7. The summed E-state index contributed by atoms with van der Waals surface area (Å²) in [5, 5.41) is 2.40. The maximum Gasteiger partial charge on any atom is 0.331 e. The van der Waals surface area contributed by atoms with Gasteiger partial charge in [-0.05, 0) is 120 Å². The molecule has 2 aromatic rings. The Labute approximate surface area is 255 Å². The molecule has 0 amide bonds. The minimum atomic E-state index is -0.209. The van der Waals surface area contributed by atoms with Gasteiger partial charge in [-0.3, -0.25) is 0 Å². The number of fused-ring (bicyclic) bond motifs is 6. The van der Waals surface area contributed by atoms with Gasteiger partial charge in [0.25, 0.3) is 0 Å². The van der Waals surface area contributed by atoms with E-state index in [0.717, 1.165) is 60.3 Å². The fraction of sp³-hybridized carbons (Fsp3) is 0.625. The van der Waals surface area contributed by atoms with Gasteiger partial charge >= 0.3 is 5.97 Å². The summed E-state index contributed by atoms with van der Waals surface area (Å²) in [7, 11) is 0. The lowest BCUT2D eigenvalue weighted by molar-refractivity contribution is -0.145. The van der Waals surface area contributed by atoms with Crippen molar-refractivity contribution in [2.75, 3.05) is 0 Å². The van der Waals surface area contributed by atoms with Crippen molar-refractivity contribution in [1.29, 1.82) is 0 Å². The van der Waals surface area contributed by atoms with E-state index < -0.39 is 0 Å². The number of rotatable bonds is 8. The Bertz CT molecular complexity index is 1330. The lowest BCUT2D eigenvalue weighted by Gasteiger charge is -2.58. The molecule has 8 unspecified atom stereocenters. The molecule has 3 fully saturated rings. The first-order valence-electron chi connectivity index (χ1n) is 17.2. The highest BCUT2D eigenvalue weighted by Gasteiger charge is 2.59. The van der Waals surface area contributed by atoms with E-state index in [2.05, 4.69) is 83.2 Å². The largest absolute Gasteiger partial charge is 0.459 e. The Kier molecular flexibility index (Phi) is 8.47. The molecule has 0 spiro atoms. The fourth-order valence-electron chi connectivity index (χ4n) is 10.4. The second-order valence-corrected chi connectivity index (χ2v) is 15.5. The van der Waals surface area contributed by atoms with Gasteiger partial charge < -0.3 is 4.74 Å². The zero-order chi connectivity index (χ0) is 29.5. The second kappa shape index (κ2) is 12.0. The number of benzene rings is 2. The molecule has 0 saturated heterocycles. The predicted molar refractivity (Wildman–Crippen MR) is 176 cm³/mol. The number of hydrogen-bond donors (Lipinski definition) is 0. The Morgan fingerprint density at radius 2 is 1.76 bits per heavy atom. The Morgan fingerprint density at radius 3 is 2.57 bits per heavy atom. The molecule has 4 aliphatic rings. The summed E-state index contributed by atoms with van der Waals surface area (Å²) in [5.41, 5.74) is 3.44. The molecule has 0 radical (unpaired) electrons. The van der Waals surface area contributed by atoms with E-state index in [-0.39, 0.29) is 17.5 Å². The molecule has 0 bridgehead atoms. The molecule has 3 saturated carbocycles. The van der Waals surface area contributed by atoms with E-state index in [4.69, 9.17) is 4.74 Å². The quantitative estimate of drug-likeness (QED) is 0.180. The number of hydrogen-bond acceptors (Lipinski definition) is 2. The zero-order valence-electron chi connectivity index (χ0n) is 26.9. The third kappa shape index (κ3) is 5.65. The maximum atomic E-state index is 12.8. The van der Waals surface area contributed by atoms with Gasteiger partial charge in [-0.1, -0.05) is 102 Å². The van der Waals surface area contributed by atoms with Crippen molar-refractivity contribution in [3.05, 3.63) is 65.8 Å². The number of allylic oxidation sites excluding steroid dienone is 1. The summed E-state index contributed by atoms with van der Waals surface area (Å²) < 4.78 is 6.04. The average molecular weight is 567 g/mol. The van der Waals surface area contributed by atoms with Gasteiger partial charge in [-0.2, -0.15) is 0 Å². The van der Waals surface area contributed by atoms with Gasteiger partial charge in [0.05, 0.1) is 0 Å². The van der Waals surface area contributed by atoms with E-state index in [9.17, 15) is 4.79 Å². The van der Waals surface area contributed by atoms with Crippen molar-refractivity contribution in [3.63, 3.8) is 0 Å². The summed E-state index contributed by atoms with van der Waals surface area (Å²) >= 11 is 0. The van der Waals surface area contributed by atoms with E-state index in [0.29, 0.717) is 5.41 Å². The molecule has 0 aromatic heterocycles. The molecular formula is C40H54O2. The minimum absolute atomic E-state index is 0.00559. The van der Waals surface area contributed by atoms with Crippen molar-refractivity contribution in [1.82, 2.24) is 0 Å². The zero-order valence-corrected chi connectivity index (χ0v) is 26.9. The van der Waals surface area contributed by atoms with E-state index in [1.54, 1.807) is 11.6 Å². The van der Waals surface area contributed by atoms with E-state index in [1.807, 2.05) is 6.08 Å². The number of esters is 1. The minimum Gasteiger partial charge on any atom is -0.459 e. The molecule has 4 aliphatic carbocycles. The molecule has 0 N–H and O–H groups in total. The van der Waals surface area contributed by atoms with Gasteiger partial charge in [-0.25, -0.2) is 4.79 Å². The molecule has 42 heavy (non-hydrogen) atoms. The lowest BCUT2D eigenvalue weighted by atomic mass is 9.47. The van der Waals surface area contributed by atoms with Gasteiger partial charge in [-0.15, -0.1) is 0 Å². The summed E-state index contributed by atoms with van der Waals surface area (Å²) in [6.45, 7) is 12.6. The number of ether oxygens (including phenoxy) is 1. The first kappa shape index (κ1) is 29.7. The summed E-state index contributed by atoms with van der Waals surface area (Å²) in [6.07, 6.45) is 20.3. The first-order valence-corrected chi connectivity index (χ1v) is 17.2. The van der Waals surface area contributed by atoms with Gasteiger partial charge in [0, 0.05) is 12.5 Å². The van der Waals surface area contributed by atoms with Crippen LogP contribution >= 0.6 is 0 Å². The molecule has 2 aromatic carbocycles. The molecule has 2 nitrogen and oxygen atoms in total. The van der Waals surface area contributed by atoms with Crippen LogP contribution in [0.15, 0.2) is 60.2 Å². The monoisotopic (exact) mass is 566 g/mol. The van der Waals surface area contributed by atoms with Crippen LogP contribution < -0.4 is 0 Å². The van der Waals surface area contributed by atoms with Crippen molar-refractivity contribution in [2.24, 2.45) is 46.3 Å². The normalized spacial score (nSPS) is 35.0. The van der Waals surface area contributed by atoms with Crippen molar-refractivity contribution >= 4 is 22.8 Å². The number of carbonyl (C=O) groups excluding carboxylic acids is 1. The van der Waals surface area contributed by atoms with Crippen molar-refractivity contribution in [3.8, 4) is 0 Å². The molecule has 8 atom stereocenters. The summed E-state index contributed by atoms with van der Waals surface area (Å²) in [5.74, 6) is 4.92. The van der Waals surface area contributed by atoms with Crippen LogP contribution in [0.25, 0.3) is 16.8 Å². The highest BCUT2D eigenvalue weighted by atomic mass is 16.5. The standard InChI is InChI=1S/C40H54O2/c1-27(2)9-8-10-28(3)35-18-19-36-34-17-16-32-26-33(21-23-39(32,4)37(34)22-24-40(35,36)5)42-38(41)20-14-29-13-15-30-11-6-7-12-31(30)25-29/h6-7,11-16,20,25,27-28,33-37H,8-10,17-19,21-24,26H2,1-5H3/b20-14+. The first-order chi connectivity index (χ1) is 20.2.